The van der Waals surface area contributed by atoms with Crippen molar-refractivity contribution in [2.75, 3.05) is 18.0 Å². The average Bonchev–Trinajstić information content (AvgIpc) is 3.18. The lowest BCUT2D eigenvalue weighted by Gasteiger charge is -2.35. The van der Waals surface area contributed by atoms with E-state index in [-0.39, 0.29) is 30.1 Å². The molecule has 3 saturated heterocycles. The van der Waals surface area contributed by atoms with E-state index in [2.05, 4.69) is 10.6 Å². The van der Waals surface area contributed by atoms with Crippen molar-refractivity contribution in [3.05, 3.63) is 30.1 Å². The number of aromatic nitrogens is 1. The number of piperazine rings is 1. The number of nitrogens with zero attached hydrogens (tertiary/aromatic N) is 2. The molecule has 1 aromatic heterocycles. The van der Waals surface area contributed by atoms with Gasteiger partial charge in [0.25, 0.3) is 0 Å². The minimum atomic E-state index is -0.587. The standard InChI is InChI=1S/C19H20F2N4O2/c20-14-5-10-6-24(15-3-4-16(26)23-19(15)27)9-13(10)17(21)18(14)25-7-11-1-2-12(8-25)22-11/h5-6,9,11-12,15,22H,1-4,7-8H2,(H,23,26,27). The number of rotatable bonds is 2. The van der Waals surface area contributed by atoms with Crippen LogP contribution >= 0.6 is 0 Å². The molecule has 5 rings (SSSR count). The second-order valence-electron chi connectivity index (χ2n) is 7.74. The van der Waals surface area contributed by atoms with Gasteiger partial charge in [0.2, 0.25) is 11.8 Å². The third-order valence-corrected chi connectivity index (χ3v) is 5.93. The number of piperidine rings is 1. The van der Waals surface area contributed by atoms with Crippen LogP contribution in [0, 0.1) is 11.6 Å². The molecule has 1 aromatic carbocycles. The summed E-state index contributed by atoms with van der Waals surface area (Å²) in [5.41, 5.74) is 0.0157. The Morgan fingerprint density at radius 1 is 1.04 bits per heavy atom. The first kappa shape index (κ1) is 16.7. The molecule has 2 bridgehead atoms. The third-order valence-electron chi connectivity index (χ3n) is 5.93. The fraction of sp³-hybridized carbons (Fsp3) is 0.474. The minimum Gasteiger partial charge on any atom is -0.364 e. The number of carbonyl (C=O) groups excluding carboxylic acids is 2. The van der Waals surface area contributed by atoms with Gasteiger partial charge in [-0.1, -0.05) is 0 Å². The van der Waals surface area contributed by atoms with Gasteiger partial charge in [-0.15, -0.1) is 0 Å². The lowest BCUT2D eigenvalue weighted by atomic mass is 10.1. The maximum atomic E-state index is 15.3. The van der Waals surface area contributed by atoms with Gasteiger partial charge in [-0.2, -0.15) is 0 Å². The molecule has 0 saturated carbocycles. The number of hydrogen-bond acceptors (Lipinski definition) is 4. The molecule has 2 amide bonds. The molecule has 142 valence electrons. The largest absolute Gasteiger partial charge is 0.364 e. The Morgan fingerprint density at radius 2 is 1.78 bits per heavy atom. The number of halogens is 2. The maximum absolute atomic E-state index is 15.3. The number of carbonyl (C=O) groups is 2. The summed E-state index contributed by atoms with van der Waals surface area (Å²) in [4.78, 5) is 25.2. The van der Waals surface area contributed by atoms with Gasteiger partial charge in [0.1, 0.15) is 17.5 Å². The molecule has 2 N–H and O–H groups in total. The van der Waals surface area contributed by atoms with Gasteiger partial charge in [0, 0.05) is 54.8 Å². The van der Waals surface area contributed by atoms with Crippen molar-refractivity contribution >= 4 is 28.3 Å². The summed E-state index contributed by atoms with van der Waals surface area (Å²) in [7, 11) is 0. The van der Waals surface area contributed by atoms with E-state index in [0.29, 0.717) is 30.3 Å². The van der Waals surface area contributed by atoms with Crippen LogP contribution in [0.2, 0.25) is 0 Å². The molecule has 0 aliphatic carbocycles. The maximum Gasteiger partial charge on any atom is 0.249 e. The zero-order chi connectivity index (χ0) is 18.7. The normalized spacial score (nSPS) is 28.1. The second kappa shape index (κ2) is 6.02. The summed E-state index contributed by atoms with van der Waals surface area (Å²) < 4.78 is 31.6. The quantitative estimate of drug-likeness (QED) is 0.788. The zero-order valence-electron chi connectivity index (χ0n) is 14.7. The van der Waals surface area contributed by atoms with E-state index in [0.717, 1.165) is 12.8 Å². The van der Waals surface area contributed by atoms with Gasteiger partial charge in [-0.05, 0) is 25.3 Å². The third kappa shape index (κ3) is 2.70. The number of hydrogen-bond donors (Lipinski definition) is 2. The molecular weight excluding hydrogens is 354 g/mol. The SMILES string of the molecule is O=C1CCC(n2cc3cc(F)c(N4CC5CCC(C4)N5)c(F)c3c2)C(=O)N1. The monoisotopic (exact) mass is 374 g/mol. The highest BCUT2D eigenvalue weighted by molar-refractivity contribution is 6.00. The van der Waals surface area contributed by atoms with Crippen LogP contribution < -0.4 is 15.5 Å². The topological polar surface area (TPSA) is 66.4 Å². The molecule has 4 heterocycles. The molecule has 8 heteroatoms. The van der Waals surface area contributed by atoms with Crippen LogP contribution in [0.3, 0.4) is 0 Å². The van der Waals surface area contributed by atoms with E-state index >= 15 is 4.39 Å². The summed E-state index contributed by atoms with van der Waals surface area (Å²) in [5, 5.41) is 6.46. The Balaban J connectivity index is 1.53. The Kier molecular flexibility index (Phi) is 3.72. The van der Waals surface area contributed by atoms with Gasteiger partial charge in [0.15, 0.2) is 5.82 Å². The number of nitrogens with one attached hydrogen (secondary N) is 2. The molecule has 3 aliphatic heterocycles. The number of anilines is 1. The summed E-state index contributed by atoms with van der Waals surface area (Å²) in [6.45, 7) is 1.17. The predicted octanol–water partition coefficient (Wildman–Crippen LogP) is 1.84. The molecular formula is C19H20F2N4O2. The van der Waals surface area contributed by atoms with E-state index < -0.39 is 23.6 Å². The number of fused-ring (bicyclic) bond motifs is 3. The van der Waals surface area contributed by atoms with Crippen LogP contribution in [-0.4, -0.2) is 41.6 Å². The van der Waals surface area contributed by atoms with Crippen molar-refractivity contribution in [2.45, 2.75) is 43.8 Å². The van der Waals surface area contributed by atoms with Crippen LogP contribution in [-0.2, 0) is 9.59 Å². The van der Waals surface area contributed by atoms with E-state index in [1.54, 1.807) is 21.9 Å². The second-order valence-corrected chi connectivity index (χ2v) is 7.74. The van der Waals surface area contributed by atoms with Gasteiger partial charge >= 0.3 is 0 Å². The van der Waals surface area contributed by atoms with Crippen LogP contribution in [0.4, 0.5) is 14.5 Å². The lowest BCUT2D eigenvalue weighted by molar-refractivity contribution is -0.135. The Labute approximate surface area is 154 Å². The molecule has 0 radical (unpaired) electrons. The van der Waals surface area contributed by atoms with E-state index in [1.807, 2.05) is 0 Å². The summed E-state index contributed by atoms with van der Waals surface area (Å²) >= 11 is 0. The highest BCUT2D eigenvalue weighted by Gasteiger charge is 2.35. The Morgan fingerprint density at radius 3 is 2.48 bits per heavy atom. The molecule has 27 heavy (non-hydrogen) atoms. The van der Waals surface area contributed by atoms with Crippen molar-refractivity contribution in [3.63, 3.8) is 0 Å². The lowest BCUT2D eigenvalue weighted by Crippen LogP contribution is -2.51. The first-order valence-electron chi connectivity index (χ1n) is 9.33. The fourth-order valence-corrected chi connectivity index (χ4v) is 4.64. The minimum absolute atomic E-state index is 0.0157. The van der Waals surface area contributed by atoms with Crippen LogP contribution in [0.5, 0.6) is 0 Å². The van der Waals surface area contributed by atoms with Crippen molar-refractivity contribution in [1.82, 2.24) is 15.2 Å². The highest BCUT2D eigenvalue weighted by atomic mass is 19.1. The number of amides is 2. The van der Waals surface area contributed by atoms with E-state index in [9.17, 15) is 14.0 Å². The van der Waals surface area contributed by atoms with Crippen molar-refractivity contribution in [2.24, 2.45) is 0 Å². The molecule has 3 fully saturated rings. The molecule has 2 aromatic rings. The van der Waals surface area contributed by atoms with Crippen LogP contribution in [0.25, 0.3) is 10.8 Å². The van der Waals surface area contributed by atoms with Crippen molar-refractivity contribution < 1.29 is 18.4 Å². The molecule has 3 atom stereocenters. The Bertz CT molecular complexity index is 945. The summed E-state index contributed by atoms with van der Waals surface area (Å²) in [6, 6.07) is 1.29. The average molecular weight is 374 g/mol. The van der Waals surface area contributed by atoms with Crippen molar-refractivity contribution in [1.29, 1.82) is 0 Å². The fourth-order valence-electron chi connectivity index (χ4n) is 4.64. The van der Waals surface area contributed by atoms with Gasteiger partial charge < -0.3 is 14.8 Å². The molecule has 3 unspecified atom stereocenters. The van der Waals surface area contributed by atoms with E-state index in [4.69, 9.17) is 0 Å². The molecule has 6 nitrogen and oxygen atoms in total. The van der Waals surface area contributed by atoms with E-state index in [1.165, 1.54) is 6.07 Å². The summed E-state index contributed by atoms with van der Waals surface area (Å²) in [5.74, 6) is -1.88. The first-order chi connectivity index (χ1) is 13.0. The van der Waals surface area contributed by atoms with Crippen LogP contribution in [0.15, 0.2) is 18.5 Å². The highest BCUT2D eigenvalue weighted by Crippen LogP contribution is 2.35. The Hall–Kier alpha value is -2.48. The first-order valence-corrected chi connectivity index (χ1v) is 9.33. The van der Waals surface area contributed by atoms with Crippen molar-refractivity contribution in [3.8, 4) is 0 Å². The number of imide groups is 1. The van der Waals surface area contributed by atoms with Crippen LogP contribution in [0.1, 0.15) is 31.7 Å². The smallest absolute Gasteiger partial charge is 0.249 e. The number of benzene rings is 1. The molecule has 0 spiro atoms. The van der Waals surface area contributed by atoms with Gasteiger partial charge in [-0.25, -0.2) is 8.78 Å². The predicted molar refractivity (Wildman–Crippen MR) is 95.4 cm³/mol. The van der Waals surface area contributed by atoms with Gasteiger partial charge in [-0.3, -0.25) is 14.9 Å². The molecule has 3 aliphatic rings. The van der Waals surface area contributed by atoms with Gasteiger partial charge in [0.05, 0.1) is 0 Å². The summed E-state index contributed by atoms with van der Waals surface area (Å²) in [6.07, 6.45) is 5.76. The zero-order valence-corrected chi connectivity index (χ0v) is 14.7.